The van der Waals surface area contributed by atoms with Gasteiger partial charge in [0, 0.05) is 22.2 Å². The van der Waals surface area contributed by atoms with Crippen LogP contribution in [0.1, 0.15) is 17.2 Å². The van der Waals surface area contributed by atoms with Crippen LogP contribution in [0.5, 0.6) is 0 Å². The number of hydrogen-bond donors (Lipinski definition) is 0. The normalized spacial score (nSPS) is 21.8. The molecule has 4 nitrogen and oxygen atoms in total. The molecule has 3 aromatic rings. The van der Waals surface area contributed by atoms with Crippen LogP contribution >= 0.6 is 23.4 Å². The largest absolute Gasteiger partial charge is 0.354 e. The molecular weight excluding hydrogens is 380 g/mol. The first-order valence-corrected chi connectivity index (χ1v) is 9.45. The third kappa shape index (κ3) is 2.90. The molecule has 1 aromatic heterocycles. The zero-order valence-corrected chi connectivity index (χ0v) is 15.3. The van der Waals surface area contributed by atoms with Gasteiger partial charge < -0.3 is 4.74 Å². The SMILES string of the molecule is CSc1ncnn1CC1(c2ccc(F)cc2F)OC1c1ccccc1Cl. The molecule has 0 bridgehead atoms. The van der Waals surface area contributed by atoms with Crippen LogP contribution in [-0.4, -0.2) is 21.0 Å². The van der Waals surface area contributed by atoms with Crippen LogP contribution in [0.15, 0.2) is 53.9 Å². The van der Waals surface area contributed by atoms with E-state index in [1.54, 1.807) is 10.7 Å². The predicted octanol–water partition coefficient (Wildman–Crippen LogP) is 4.60. The molecule has 0 N–H and O–H groups in total. The number of epoxide rings is 1. The highest BCUT2D eigenvalue weighted by Crippen LogP contribution is 2.59. The first-order valence-electron chi connectivity index (χ1n) is 7.85. The Labute approximate surface area is 158 Å². The summed E-state index contributed by atoms with van der Waals surface area (Å²) in [6, 6.07) is 10.8. The second-order valence-corrected chi connectivity index (χ2v) is 7.12. The Balaban J connectivity index is 1.80. The summed E-state index contributed by atoms with van der Waals surface area (Å²) in [4.78, 5) is 4.17. The average Bonchev–Trinajstić information content (AvgIpc) is 3.14. The van der Waals surface area contributed by atoms with Crippen molar-refractivity contribution in [3.05, 3.63) is 76.6 Å². The monoisotopic (exact) mass is 393 g/mol. The highest BCUT2D eigenvalue weighted by atomic mass is 35.5. The summed E-state index contributed by atoms with van der Waals surface area (Å²) in [5, 5.41) is 5.42. The Kier molecular flexibility index (Phi) is 4.46. The van der Waals surface area contributed by atoms with Crippen molar-refractivity contribution < 1.29 is 13.5 Å². The van der Waals surface area contributed by atoms with Crippen molar-refractivity contribution in [2.45, 2.75) is 23.4 Å². The number of ether oxygens (including phenoxy) is 1. The van der Waals surface area contributed by atoms with Crippen molar-refractivity contribution in [2.75, 3.05) is 6.26 Å². The van der Waals surface area contributed by atoms with Gasteiger partial charge in [-0.1, -0.05) is 47.6 Å². The van der Waals surface area contributed by atoms with Gasteiger partial charge in [-0.05, 0) is 18.4 Å². The number of rotatable bonds is 5. The Morgan fingerprint density at radius 1 is 1.27 bits per heavy atom. The van der Waals surface area contributed by atoms with Gasteiger partial charge in [-0.2, -0.15) is 5.10 Å². The fraction of sp³-hybridized carbons (Fsp3) is 0.222. The predicted molar refractivity (Wildman–Crippen MR) is 95.1 cm³/mol. The summed E-state index contributed by atoms with van der Waals surface area (Å²) in [6.07, 6.45) is 2.85. The van der Waals surface area contributed by atoms with Crippen LogP contribution in [-0.2, 0) is 16.9 Å². The van der Waals surface area contributed by atoms with Gasteiger partial charge in [0.2, 0.25) is 0 Å². The van der Waals surface area contributed by atoms with Crippen LogP contribution in [0.2, 0.25) is 5.02 Å². The molecule has 0 spiro atoms. The summed E-state index contributed by atoms with van der Waals surface area (Å²) in [7, 11) is 0. The highest BCUT2D eigenvalue weighted by molar-refractivity contribution is 7.98. The van der Waals surface area contributed by atoms with Crippen LogP contribution in [0.3, 0.4) is 0 Å². The summed E-state index contributed by atoms with van der Waals surface area (Å²) in [5.74, 6) is -1.30. The van der Waals surface area contributed by atoms with E-state index >= 15 is 0 Å². The molecule has 0 aliphatic carbocycles. The lowest BCUT2D eigenvalue weighted by Gasteiger charge is -2.16. The fourth-order valence-corrected chi connectivity index (χ4v) is 3.87. The van der Waals surface area contributed by atoms with E-state index in [-0.39, 0.29) is 12.1 Å². The van der Waals surface area contributed by atoms with Crippen LogP contribution in [0, 0.1) is 11.6 Å². The maximum atomic E-state index is 14.6. The standard InChI is InChI=1S/C18H14ClF2N3OS/c1-26-17-22-10-23-24(17)9-18(13-7-6-11(20)8-15(13)21)16(25-18)12-4-2-3-5-14(12)19/h2-8,10,16H,9H2,1H3. The van der Waals surface area contributed by atoms with Crippen molar-refractivity contribution in [1.82, 2.24) is 14.8 Å². The van der Waals surface area contributed by atoms with Crippen molar-refractivity contribution in [3.8, 4) is 0 Å². The summed E-state index contributed by atoms with van der Waals surface area (Å²) >= 11 is 7.73. The summed E-state index contributed by atoms with van der Waals surface area (Å²) in [5.41, 5.74) is -0.00361. The molecule has 1 aliphatic heterocycles. The van der Waals surface area contributed by atoms with Gasteiger partial charge in [-0.15, -0.1) is 0 Å². The molecular formula is C18H14ClF2N3OS. The quantitative estimate of drug-likeness (QED) is 0.469. The van der Waals surface area contributed by atoms with E-state index in [1.165, 1.54) is 30.2 Å². The molecule has 2 heterocycles. The molecule has 2 aromatic carbocycles. The van der Waals surface area contributed by atoms with Gasteiger partial charge >= 0.3 is 0 Å². The molecule has 26 heavy (non-hydrogen) atoms. The van der Waals surface area contributed by atoms with Crippen molar-refractivity contribution in [1.29, 1.82) is 0 Å². The van der Waals surface area contributed by atoms with Gasteiger partial charge in [-0.25, -0.2) is 18.4 Å². The van der Waals surface area contributed by atoms with Gasteiger partial charge in [0.25, 0.3) is 0 Å². The zero-order chi connectivity index (χ0) is 18.3. The Bertz CT molecular complexity index is 967. The zero-order valence-electron chi connectivity index (χ0n) is 13.7. The molecule has 2 unspecified atom stereocenters. The first-order chi connectivity index (χ1) is 12.5. The lowest BCUT2D eigenvalue weighted by molar-refractivity contribution is 0.250. The number of thioether (sulfide) groups is 1. The molecule has 0 radical (unpaired) electrons. The molecule has 134 valence electrons. The number of nitrogens with zero attached hydrogens (tertiary/aromatic N) is 3. The van der Waals surface area contributed by atoms with Gasteiger partial charge in [-0.3, -0.25) is 0 Å². The van der Waals surface area contributed by atoms with E-state index in [9.17, 15) is 8.78 Å². The third-order valence-electron chi connectivity index (χ3n) is 4.42. The topological polar surface area (TPSA) is 43.2 Å². The maximum Gasteiger partial charge on any atom is 0.185 e. The van der Waals surface area contributed by atoms with Crippen LogP contribution in [0.4, 0.5) is 8.78 Å². The Morgan fingerprint density at radius 2 is 2.08 bits per heavy atom. The highest BCUT2D eigenvalue weighted by Gasteiger charge is 2.61. The Morgan fingerprint density at radius 3 is 2.81 bits per heavy atom. The molecule has 0 amide bonds. The first kappa shape index (κ1) is 17.5. The Hall–Kier alpha value is -1.96. The van der Waals surface area contributed by atoms with Crippen molar-refractivity contribution in [2.24, 2.45) is 0 Å². The lowest BCUT2D eigenvalue weighted by Crippen LogP contribution is -2.22. The van der Waals surface area contributed by atoms with Crippen LogP contribution < -0.4 is 0 Å². The molecule has 1 fully saturated rings. The molecule has 2 atom stereocenters. The second-order valence-electron chi connectivity index (χ2n) is 5.94. The molecule has 4 rings (SSSR count). The second kappa shape index (κ2) is 6.64. The minimum Gasteiger partial charge on any atom is -0.354 e. The smallest absolute Gasteiger partial charge is 0.185 e. The van der Waals surface area contributed by atoms with E-state index in [4.69, 9.17) is 16.3 Å². The number of halogens is 3. The van der Waals surface area contributed by atoms with Gasteiger partial charge in [0.15, 0.2) is 5.16 Å². The molecule has 1 aliphatic rings. The van der Waals surface area contributed by atoms with Crippen molar-refractivity contribution >= 4 is 23.4 Å². The number of aromatic nitrogens is 3. The lowest BCUT2D eigenvalue weighted by atomic mass is 9.91. The molecule has 8 heteroatoms. The molecule has 0 saturated carbocycles. The summed E-state index contributed by atoms with van der Waals surface area (Å²) < 4.78 is 35.7. The van der Waals surface area contributed by atoms with E-state index < -0.39 is 23.3 Å². The van der Waals surface area contributed by atoms with E-state index in [2.05, 4.69) is 10.1 Å². The third-order valence-corrected chi connectivity index (χ3v) is 5.44. The fourth-order valence-electron chi connectivity index (χ4n) is 3.16. The number of benzene rings is 2. The number of hydrogen-bond acceptors (Lipinski definition) is 4. The minimum absolute atomic E-state index is 0.238. The van der Waals surface area contributed by atoms with E-state index in [1.807, 2.05) is 24.5 Å². The van der Waals surface area contributed by atoms with E-state index in [0.717, 1.165) is 11.6 Å². The van der Waals surface area contributed by atoms with Crippen LogP contribution in [0.25, 0.3) is 0 Å². The molecule has 1 saturated heterocycles. The maximum absolute atomic E-state index is 14.6. The minimum atomic E-state index is -1.03. The summed E-state index contributed by atoms with van der Waals surface area (Å²) in [6.45, 7) is 0.238. The van der Waals surface area contributed by atoms with E-state index in [0.29, 0.717) is 10.2 Å². The average molecular weight is 394 g/mol. The van der Waals surface area contributed by atoms with Gasteiger partial charge in [0.1, 0.15) is 29.7 Å². The van der Waals surface area contributed by atoms with Gasteiger partial charge in [0.05, 0.1) is 6.54 Å². The van der Waals surface area contributed by atoms with Crippen molar-refractivity contribution in [3.63, 3.8) is 0 Å².